The largest absolute Gasteiger partial charge is 0.350 e. The van der Waals surface area contributed by atoms with E-state index in [9.17, 15) is 18.0 Å². The third-order valence-electron chi connectivity index (χ3n) is 6.42. The van der Waals surface area contributed by atoms with Gasteiger partial charge >= 0.3 is 0 Å². The van der Waals surface area contributed by atoms with Gasteiger partial charge in [-0.15, -0.1) is 0 Å². The molecule has 0 bridgehead atoms. The number of halogens is 1. The van der Waals surface area contributed by atoms with Crippen LogP contribution in [0.15, 0.2) is 77.7 Å². The molecule has 7 nitrogen and oxygen atoms in total. The number of benzene rings is 3. The monoisotopic (exact) mass is 569 g/mol. The van der Waals surface area contributed by atoms with Gasteiger partial charge in [0, 0.05) is 17.1 Å². The molecule has 1 N–H and O–H groups in total. The predicted molar refractivity (Wildman–Crippen MR) is 156 cm³/mol. The summed E-state index contributed by atoms with van der Waals surface area (Å²) in [7, 11) is -4.12. The number of nitrogens with zero attached hydrogens (tertiary/aromatic N) is 2. The molecule has 3 rings (SSSR count). The van der Waals surface area contributed by atoms with E-state index in [-0.39, 0.29) is 17.3 Å². The van der Waals surface area contributed by atoms with Gasteiger partial charge in [0.05, 0.1) is 10.6 Å². The first kappa shape index (κ1) is 30.2. The average molecular weight is 570 g/mol. The van der Waals surface area contributed by atoms with Crippen molar-refractivity contribution in [2.45, 2.75) is 64.6 Å². The molecule has 1 unspecified atom stereocenters. The lowest BCUT2D eigenvalue weighted by atomic mass is 10.1. The highest BCUT2D eigenvalue weighted by Gasteiger charge is 2.34. The van der Waals surface area contributed by atoms with E-state index in [4.69, 9.17) is 11.6 Å². The maximum Gasteiger partial charge on any atom is 0.264 e. The zero-order chi connectivity index (χ0) is 29.0. The highest BCUT2D eigenvalue weighted by atomic mass is 35.5. The van der Waals surface area contributed by atoms with Gasteiger partial charge in [0.1, 0.15) is 12.6 Å². The van der Waals surface area contributed by atoms with Crippen molar-refractivity contribution in [1.29, 1.82) is 0 Å². The molecule has 0 heterocycles. The van der Waals surface area contributed by atoms with E-state index in [1.54, 1.807) is 61.5 Å². The number of amides is 2. The molecule has 0 aliphatic carbocycles. The maximum atomic E-state index is 14.0. The average Bonchev–Trinajstić information content (AvgIpc) is 2.87. The van der Waals surface area contributed by atoms with Crippen LogP contribution in [-0.4, -0.2) is 43.3 Å². The molecular weight excluding hydrogens is 534 g/mol. The zero-order valence-corrected chi connectivity index (χ0v) is 24.8. The van der Waals surface area contributed by atoms with E-state index in [2.05, 4.69) is 5.32 Å². The second-order valence-corrected chi connectivity index (χ2v) is 12.8. The van der Waals surface area contributed by atoms with Crippen LogP contribution in [0.3, 0.4) is 0 Å². The van der Waals surface area contributed by atoms with Crippen LogP contribution in [0.4, 0.5) is 5.69 Å². The molecule has 0 aliphatic rings. The first-order valence-electron chi connectivity index (χ1n) is 12.7. The first-order valence-corrected chi connectivity index (χ1v) is 14.5. The molecule has 0 saturated carbocycles. The van der Waals surface area contributed by atoms with Crippen LogP contribution < -0.4 is 9.62 Å². The van der Waals surface area contributed by atoms with E-state index in [1.165, 1.54) is 17.0 Å². The highest BCUT2D eigenvalue weighted by molar-refractivity contribution is 7.92. The quantitative estimate of drug-likeness (QED) is 0.369. The number of hydrogen-bond acceptors (Lipinski definition) is 4. The Balaban J connectivity index is 2.08. The number of aryl methyl sites for hydroxylation is 1. The number of carbonyl (C=O) groups excluding carboxylic acids is 2. The smallest absolute Gasteiger partial charge is 0.264 e. The van der Waals surface area contributed by atoms with E-state index < -0.39 is 34.1 Å². The summed E-state index contributed by atoms with van der Waals surface area (Å²) in [5, 5.41) is 3.36. The molecule has 9 heteroatoms. The summed E-state index contributed by atoms with van der Waals surface area (Å²) in [6.45, 7) is 10.4. The third-order valence-corrected chi connectivity index (χ3v) is 8.56. The van der Waals surface area contributed by atoms with Gasteiger partial charge in [-0.3, -0.25) is 13.9 Å². The minimum absolute atomic E-state index is 0.0310. The predicted octanol–water partition coefficient (Wildman–Crippen LogP) is 5.48. The molecule has 1 atom stereocenters. The summed E-state index contributed by atoms with van der Waals surface area (Å²) in [6.07, 6.45) is 0. The first-order chi connectivity index (χ1) is 18.2. The van der Waals surface area contributed by atoms with Gasteiger partial charge < -0.3 is 10.2 Å². The molecule has 0 radical (unpaired) electrons. The van der Waals surface area contributed by atoms with Crippen molar-refractivity contribution in [2.24, 2.45) is 0 Å². The molecule has 3 aromatic carbocycles. The number of anilines is 1. The Labute approximate surface area is 236 Å². The minimum Gasteiger partial charge on any atom is -0.350 e. The van der Waals surface area contributed by atoms with E-state index in [0.717, 1.165) is 15.4 Å². The number of carbonyl (C=O) groups is 2. The molecule has 0 saturated heterocycles. The Morgan fingerprint density at radius 1 is 0.923 bits per heavy atom. The summed E-state index contributed by atoms with van der Waals surface area (Å²) >= 11 is 6.41. The van der Waals surface area contributed by atoms with Gasteiger partial charge in [0.2, 0.25) is 11.8 Å². The second-order valence-electron chi connectivity index (χ2n) is 10.6. The van der Waals surface area contributed by atoms with E-state index >= 15 is 0 Å². The summed E-state index contributed by atoms with van der Waals surface area (Å²) < 4.78 is 29.0. The van der Waals surface area contributed by atoms with Gasteiger partial charge in [-0.25, -0.2) is 8.42 Å². The van der Waals surface area contributed by atoms with Crippen LogP contribution in [0.5, 0.6) is 0 Å². The van der Waals surface area contributed by atoms with Crippen LogP contribution >= 0.6 is 11.6 Å². The molecule has 39 heavy (non-hydrogen) atoms. The molecule has 208 valence electrons. The van der Waals surface area contributed by atoms with E-state index in [0.29, 0.717) is 16.3 Å². The summed E-state index contributed by atoms with van der Waals surface area (Å²) in [4.78, 5) is 28.6. The summed E-state index contributed by atoms with van der Waals surface area (Å²) in [6, 6.07) is 19.5. The SMILES string of the molecule is Cc1cccc(N(CC(=O)N(Cc2ccccc2Cl)C(C)C(=O)NC(C)(C)C)S(=O)(=O)c2ccccc2)c1C. The van der Waals surface area contributed by atoms with Gasteiger partial charge in [0.15, 0.2) is 0 Å². The number of rotatable bonds is 9. The maximum absolute atomic E-state index is 14.0. The molecule has 3 aromatic rings. The summed E-state index contributed by atoms with van der Waals surface area (Å²) in [5.74, 6) is -0.890. The lowest BCUT2D eigenvalue weighted by Gasteiger charge is -2.34. The molecular formula is C30H36ClN3O4S. The van der Waals surface area contributed by atoms with Gasteiger partial charge in [-0.2, -0.15) is 0 Å². The molecule has 0 aliphatic heterocycles. The van der Waals surface area contributed by atoms with Crippen molar-refractivity contribution in [3.8, 4) is 0 Å². The highest BCUT2D eigenvalue weighted by Crippen LogP contribution is 2.29. The van der Waals surface area contributed by atoms with Gasteiger partial charge in [0.25, 0.3) is 10.0 Å². The van der Waals surface area contributed by atoms with Crippen LogP contribution in [0.25, 0.3) is 0 Å². The summed E-state index contributed by atoms with van der Waals surface area (Å²) in [5.41, 5.74) is 2.15. The Kier molecular flexibility index (Phi) is 9.46. The van der Waals surface area contributed by atoms with Crippen molar-refractivity contribution in [3.05, 3.63) is 94.5 Å². The minimum atomic E-state index is -4.12. The lowest BCUT2D eigenvalue weighted by Crippen LogP contribution is -2.54. The van der Waals surface area contributed by atoms with Crippen molar-refractivity contribution in [2.75, 3.05) is 10.8 Å². The van der Waals surface area contributed by atoms with Crippen LogP contribution in [-0.2, 0) is 26.2 Å². The molecule has 2 amide bonds. The van der Waals surface area contributed by atoms with Gasteiger partial charge in [-0.1, -0.05) is 60.1 Å². The molecule has 0 fully saturated rings. The van der Waals surface area contributed by atoms with Crippen molar-refractivity contribution in [1.82, 2.24) is 10.2 Å². The molecule has 0 spiro atoms. The Morgan fingerprint density at radius 2 is 1.54 bits per heavy atom. The standard InChI is InChI=1S/C30H36ClN3O4S/c1-21-13-12-18-27(22(21)2)34(39(37,38)25-15-8-7-9-16-25)20-28(35)33(19-24-14-10-11-17-26(24)31)23(3)29(36)32-30(4,5)6/h7-18,23H,19-20H2,1-6H3,(H,32,36). The van der Waals surface area contributed by atoms with Crippen molar-refractivity contribution >= 4 is 39.1 Å². The van der Waals surface area contributed by atoms with Crippen LogP contribution in [0.1, 0.15) is 44.4 Å². The lowest BCUT2D eigenvalue weighted by molar-refractivity contribution is -0.140. The number of hydrogen-bond donors (Lipinski definition) is 1. The zero-order valence-electron chi connectivity index (χ0n) is 23.2. The fourth-order valence-electron chi connectivity index (χ4n) is 4.11. The molecule has 0 aromatic heterocycles. The Bertz CT molecular complexity index is 1440. The number of nitrogens with one attached hydrogen (secondary N) is 1. The van der Waals surface area contributed by atoms with Crippen LogP contribution in [0.2, 0.25) is 5.02 Å². The van der Waals surface area contributed by atoms with Crippen LogP contribution in [0, 0.1) is 13.8 Å². The topological polar surface area (TPSA) is 86.8 Å². The van der Waals surface area contributed by atoms with Crippen molar-refractivity contribution in [3.63, 3.8) is 0 Å². The Hall–Kier alpha value is -3.36. The van der Waals surface area contributed by atoms with Crippen molar-refractivity contribution < 1.29 is 18.0 Å². The fraction of sp³-hybridized carbons (Fsp3) is 0.333. The normalized spacial score (nSPS) is 12.5. The third kappa shape index (κ3) is 7.40. The number of sulfonamides is 1. The Morgan fingerprint density at radius 3 is 2.15 bits per heavy atom. The fourth-order valence-corrected chi connectivity index (χ4v) is 5.79. The second kappa shape index (κ2) is 12.2. The van der Waals surface area contributed by atoms with Gasteiger partial charge in [-0.05, 0) is 82.5 Å². The van der Waals surface area contributed by atoms with E-state index in [1.807, 2.05) is 40.7 Å².